The molecule has 2 rings (SSSR count). The van der Waals surface area contributed by atoms with Gasteiger partial charge in [0.25, 0.3) is 0 Å². The van der Waals surface area contributed by atoms with E-state index in [2.05, 4.69) is 20.7 Å². The van der Waals surface area contributed by atoms with Crippen LogP contribution >= 0.6 is 15.9 Å². The highest BCUT2D eigenvalue weighted by Crippen LogP contribution is 2.24. The second-order valence-electron chi connectivity index (χ2n) is 4.83. The molecule has 0 aliphatic heterocycles. The summed E-state index contributed by atoms with van der Waals surface area (Å²) < 4.78 is 40.5. The van der Waals surface area contributed by atoms with Crippen LogP contribution in [0.5, 0.6) is 0 Å². The van der Waals surface area contributed by atoms with E-state index in [0.29, 0.717) is 0 Å². The first-order valence-corrected chi connectivity index (χ1v) is 8.61. The van der Waals surface area contributed by atoms with Gasteiger partial charge in [-0.3, -0.25) is 0 Å². The molecule has 112 valence electrons. The van der Waals surface area contributed by atoms with E-state index < -0.39 is 15.8 Å². The van der Waals surface area contributed by atoms with E-state index in [-0.39, 0.29) is 15.4 Å². The second kappa shape index (κ2) is 6.25. The van der Waals surface area contributed by atoms with Crippen molar-refractivity contribution < 1.29 is 12.8 Å². The van der Waals surface area contributed by atoms with Gasteiger partial charge < -0.3 is 0 Å². The molecular weight excluding hydrogens is 357 g/mol. The summed E-state index contributed by atoms with van der Waals surface area (Å²) >= 11 is 3.08. The van der Waals surface area contributed by atoms with Gasteiger partial charge in [-0.25, -0.2) is 17.5 Å². The molecule has 0 aliphatic rings. The summed E-state index contributed by atoms with van der Waals surface area (Å²) in [4.78, 5) is 0.0165. The summed E-state index contributed by atoms with van der Waals surface area (Å²) in [5.41, 5.74) is 1.97. The minimum absolute atomic E-state index is 0.0165. The second-order valence-corrected chi connectivity index (χ2v) is 7.37. The van der Waals surface area contributed by atoms with Gasteiger partial charge in [-0.1, -0.05) is 29.8 Å². The van der Waals surface area contributed by atoms with E-state index >= 15 is 0 Å². The van der Waals surface area contributed by atoms with Crippen LogP contribution in [-0.4, -0.2) is 8.42 Å². The van der Waals surface area contributed by atoms with Crippen LogP contribution in [-0.2, 0) is 10.0 Å². The fraction of sp³-hybridized carbons (Fsp3) is 0.200. The molecule has 0 heterocycles. The summed E-state index contributed by atoms with van der Waals surface area (Å²) in [6.07, 6.45) is 0. The standard InChI is InChI=1S/C15H15BrFNO2S/c1-10-3-5-12(6-4-10)11(2)18-21(19,20)15-8-7-13(17)9-14(15)16/h3-9,11,18H,1-2H3. The molecule has 0 spiro atoms. The number of nitrogens with one attached hydrogen (secondary N) is 1. The van der Waals surface area contributed by atoms with Crippen molar-refractivity contribution in [3.8, 4) is 0 Å². The highest BCUT2D eigenvalue weighted by atomic mass is 79.9. The highest BCUT2D eigenvalue weighted by molar-refractivity contribution is 9.10. The van der Waals surface area contributed by atoms with Crippen LogP contribution in [0.25, 0.3) is 0 Å². The molecule has 0 saturated carbocycles. The third-order valence-corrected chi connectivity index (χ3v) is 5.61. The Hall–Kier alpha value is -1.24. The quantitative estimate of drug-likeness (QED) is 0.884. The van der Waals surface area contributed by atoms with Gasteiger partial charge in [0.05, 0.1) is 4.90 Å². The van der Waals surface area contributed by atoms with Crippen LogP contribution in [0.4, 0.5) is 4.39 Å². The lowest BCUT2D eigenvalue weighted by molar-refractivity contribution is 0.565. The van der Waals surface area contributed by atoms with Crippen molar-refractivity contribution in [2.24, 2.45) is 0 Å². The summed E-state index contributed by atoms with van der Waals surface area (Å²) in [7, 11) is -3.73. The van der Waals surface area contributed by atoms with E-state index in [1.165, 1.54) is 6.07 Å². The SMILES string of the molecule is Cc1ccc(C(C)NS(=O)(=O)c2ccc(F)cc2Br)cc1. The number of hydrogen-bond donors (Lipinski definition) is 1. The van der Waals surface area contributed by atoms with Crippen molar-refractivity contribution in [3.63, 3.8) is 0 Å². The third kappa shape index (κ3) is 3.90. The fourth-order valence-electron chi connectivity index (χ4n) is 1.91. The van der Waals surface area contributed by atoms with Crippen molar-refractivity contribution in [3.05, 3.63) is 63.9 Å². The smallest absolute Gasteiger partial charge is 0.207 e. The molecule has 0 aromatic heterocycles. The van der Waals surface area contributed by atoms with Crippen molar-refractivity contribution in [2.45, 2.75) is 24.8 Å². The first kappa shape index (κ1) is 16.1. The molecule has 1 unspecified atom stereocenters. The Morgan fingerprint density at radius 1 is 1.14 bits per heavy atom. The van der Waals surface area contributed by atoms with Crippen LogP contribution < -0.4 is 4.72 Å². The number of benzene rings is 2. The van der Waals surface area contributed by atoms with Crippen LogP contribution in [0.2, 0.25) is 0 Å². The van der Waals surface area contributed by atoms with Crippen LogP contribution in [0.3, 0.4) is 0 Å². The van der Waals surface area contributed by atoms with E-state index in [9.17, 15) is 12.8 Å². The van der Waals surface area contributed by atoms with Crippen molar-refractivity contribution >= 4 is 26.0 Å². The molecule has 0 bridgehead atoms. The maximum Gasteiger partial charge on any atom is 0.242 e. The van der Waals surface area contributed by atoms with Gasteiger partial charge in [0, 0.05) is 10.5 Å². The largest absolute Gasteiger partial charge is 0.242 e. The average molecular weight is 372 g/mol. The minimum atomic E-state index is -3.73. The Morgan fingerprint density at radius 3 is 2.33 bits per heavy atom. The van der Waals surface area contributed by atoms with E-state index in [1.54, 1.807) is 6.92 Å². The number of sulfonamides is 1. The van der Waals surface area contributed by atoms with E-state index in [0.717, 1.165) is 23.3 Å². The number of halogens is 2. The van der Waals surface area contributed by atoms with Crippen LogP contribution in [0.1, 0.15) is 24.1 Å². The van der Waals surface area contributed by atoms with Crippen LogP contribution in [0.15, 0.2) is 51.8 Å². The van der Waals surface area contributed by atoms with Gasteiger partial charge in [0.2, 0.25) is 10.0 Å². The molecule has 6 heteroatoms. The normalized spacial score (nSPS) is 13.1. The summed E-state index contributed by atoms with van der Waals surface area (Å²) in [6, 6.07) is 10.7. The predicted octanol–water partition coefficient (Wildman–Crippen LogP) is 3.94. The molecule has 3 nitrogen and oxygen atoms in total. The van der Waals surface area contributed by atoms with Gasteiger partial charge in [0.15, 0.2) is 0 Å². The van der Waals surface area contributed by atoms with Gasteiger partial charge in [-0.2, -0.15) is 0 Å². The molecule has 2 aromatic rings. The Bertz CT molecular complexity index is 745. The third-order valence-electron chi connectivity index (χ3n) is 3.09. The zero-order valence-corrected chi connectivity index (χ0v) is 14.0. The van der Waals surface area contributed by atoms with E-state index in [1.807, 2.05) is 31.2 Å². The molecule has 0 fully saturated rings. The lowest BCUT2D eigenvalue weighted by Crippen LogP contribution is -2.27. The molecule has 0 amide bonds. The maximum absolute atomic E-state index is 13.1. The Labute approximate surface area is 132 Å². The number of hydrogen-bond acceptors (Lipinski definition) is 2. The summed E-state index contributed by atoms with van der Waals surface area (Å²) in [5, 5.41) is 0. The zero-order chi connectivity index (χ0) is 15.6. The Kier molecular flexibility index (Phi) is 4.81. The van der Waals surface area contributed by atoms with E-state index in [4.69, 9.17) is 0 Å². The molecule has 21 heavy (non-hydrogen) atoms. The summed E-state index contributed by atoms with van der Waals surface area (Å²) in [5.74, 6) is -0.493. The number of aryl methyl sites for hydroxylation is 1. The molecule has 1 N–H and O–H groups in total. The van der Waals surface area contributed by atoms with Gasteiger partial charge >= 0.3 is 0 Å². The Morgan fingerprint density at radius 2 is 1.76 bits per heavy atom. The Balaban J connectivity index is 2.26. The topological polar surface area (TPSA) is 46.2 Å². The van der Waals surface area contributed by atoms with Gasteiger partial charge in [0.1, 0.15) is 5.82 Å². The lowest BCUT2D eigenvalue weighted by Gasteiger charge is -2.15. The minimum Gasteiger partial charge on any atom is -0.207 e. The van der Waals surface area contributed by atoms with Crippen molar-refractivity contribution in [1.82, 2.24) is 4.72 Å². The predicted molar refractivity (Wildman–Crippen MR) is 84.0 cm³/mol. The average Bonchev–Trinajstić information content (AvgIpc) is 2.38. The first-order valence-electron chi connectivity index (χ1n) is 6.33. The van der Waals surface area contributed by atoms with Crippen LogP contribution in [0, 0.1) is 12.7 Å². The highest BCUT2D eigenvalue weighted by Gasteiger charge is 2.21. The molecular formula is C15H15BrFNO2S. The van der Waals surface area contributed by atoms with Gasteiger partial charge in [-0.15, -0.1) is 0 Å². The monoisotopic (exact) mass is 371 g/mol. The molecule has 0 aliphatic carbocycles. The van der Waals surface area contributed by atoms with Gasteiger partial charge in [-0.05, 0) is 53.5 Å². The van der Waals surface area contributed by atoms with Crippen molar-refractivity contribution in [1.29, 1.82) is 0 Å². The fourth-order valence-corrected chi connectivity index (χ4v) is 4.19. The maximum atomic E-state index is 13.1. The summed E-state index contributed by atoms with van der Waals surface area (Å²) in [6.45, 7) is 3.73. The lowest BCUT2D eigenvalue weighted by atomic mass is 10.1. The first-order chi connectivity index (χ1) is 9.79. The molecule has 2 aromatic carbocycles. The van der Waals surface area contributed by atoms with Crippen molar-refractivity contribution in [2.75, 3.05) is 0 Å². The number of rotatable bonds is 4. The zero-order valence-electron chi connectivity index (χ0n) is 11.6. The molecule has 0 saturated heterocycles. The molecule has 1 atom stereocenters. The molecule has 0 radical (unpaired) electrons.